The van der Waals surface area contributed by atoms with E-state index in [1.165, 1.54) is 6.07 Å². The molecule has 1 heterocycles. The first-order valence-electron chi connectivity index (χ1n) is 7.12. The van der Waals surface area contributed by atoms with E-state index in [1.807, 2.05) is 30.3 Å². The predicted octanol–water partition coefficient (Wildman–Crippen LogP) is 2.56. The van der Waals surface area contributed by atoms with Crippen LogP contribution in [0.2, 0.25) is 0 Å². The minimum atomic E-state index is -0.273. The average molecular weight is 313 g/mol. The molecule has 0 saturated carbocycles. The van der Waals surface area contributed by atoms with Crippen LogP contribution in [-0.4, -0.2) is 27.3 Å². The summed E-state index contributed by atoms with van der Waals surface area (Å²) in [5.41, 5.74) is 2.30. The van der Waals surface area contributed by atoms with E-state index in [0.29, 0.717) is 18.1 Å². The van der Waals surface area contributed by atoms with Crippen molar-refractivity contribution in [1.82, 2.24) is 20.2 Å². The number of methoxy groups -OCH3 is 1. The molecule has 2 aromatic carbocycles. The number of para-hydroxylation sites is 1. The van der Waals surface area contributed by atoms with Crippen molar-refractivity contribution in [2.24, 2.45) is 0 Å². The maximum atomic E-state index is 13.6. The number of benzene rings is 2. The minimum Gasteiger partial charge on any atom is -0.380 e. The molecular formula is C16H16FN5O. The van der Waals surface area contributed by atoms with Gasteiger partial charge in [0, 0.05) is 19.2 Å². The molecule has 0 atom stereocenters. The first kappa shape index (κ1) is 15.1. The molecule has 0 aliphatic carbocycles. The third-order valence-electron chi connectivity index (χ3n) is 3.33. The Hall–Kier alpha value is -2.80. The fraction of sp³-hybridized carbons (Fsp3) is 0.188. The molecule has 1 aromatic heterocycles. The Morgan fingerprint density at radius 3 is 2.78 bits per heavy atom. The van der Waals surface area contributed by atoms with Gasteiger partial charge in [0.15, 0.2) is 0 Å². The van der Waals surface area contributed by atoms with E-state index in [4.69, 9.17) is 4.74 Å². The number of anilines is 1. The van der Waals surface area contributed by atoms with Crippen LogP contribution < -0.4 is 5.32 Å². The van der Waals surface area contributed by atoms with Gasteiger partial charge in [-0.3, -0.25) is 0 Å². The van der Waals surface area contributed by atoms with Gasteiger partial charge in [0.2, 0.25) is 5.95 Å². The molecule has 1 N–H and O–H groups in total. The molecule has 0 bridgehead atoms. The summed E-state index contributed by atoms with van der Waals surface area (Å²) < 4.78 is 20.2. The highest BCUT2D eigenvalue weighted by Gasteiger charge is 2.08. The van der Waals surface area contributed by atoms with E-state index >= 15 is 0 Å². The summed E-state index contributed by atoms with van der Waals surface area (Å²) in [5, 5.41) is 14.8. The summed E-state index contributed by atoms with van der Waals surface area (Å²) in [6.07, 6.45) is 0. The van der Waals surface area contributed by atoms with Crippen LogP contribution in [-0.2, 0) is 17.9 Å². The monoisotopic (exact) mass is 313 g/mol. The number of ether oxygens (including phenoxy) is 1. The lowest BCUT2D eigenvalue weighted by molar-refractivity contribution is 0.181. The Bertz CT molecular complexity index is 775. The van der Waals surface area contributed by atoms with Gasteiger partial charge in [-0.1, -0.05) is 29.4 Å². The van der Waals surface area contributed by atoms with Gasteiger partial charge in [-0.25, -0.2) is 4.39 Å². The maximum absolute atomic E-state index is 13.6. The third-order valence-corrected chi connectivity index (χ3v) is 3.33. The molecule has 0 amide bonds. The largest absolute Gasteiger partial charge is 0.380 e. The summed E-state index contributed by atoms with van der Waals surface area (Å²) >= 11 is 0. The van der Waals surface area contributed by atoms with Gasteiger partial charge in [-0.15, -0.1) is 0 Å². The molecule has 3 aromatic rings. The van der Waals surface area contributed by atoms with Gasteiger partial charge in [-0.05, 0) is 40.3 Å². The second kappa shape index (κ2) is 6.97. The third kappa shape index (κ3) is 3.51. The highest BCUT2D eigenvalue weighted by atomic mass is 19.1. The summed E-state index contributed by atoms with van der Waals surface area (Å²) in [4.78, 5) is 0. The Morgan fingerprint density at radius 1 is 1.17 bits per heavy atom. The summed E-state index contributed by atoms with van der Waals surface area (Å²) in [7, 11) is 1.54. The van der Waals surface area contributed by atoms with Crippen molar-refractivity contribution < 1.29 is 9.13 Å². The molecule has 3 rings (SSSR count). The molecule has 6 nitrogen and oxygen atoms in total. The first-order chi connectivity index (χ1) is 11.3. The van der Waals surface area contributed by atoms with Gasteiger partial charge in [0.05, 0.1) is 12.3 Å². The number of halogens is 1. The minimum absolute atomic E-state index is 0.238. The van der Waals surface area contributed by atoms with E-state index in [9.17, 15) is 4.39 Å². The van der Waals surface area contributed by atoms with Crippen molar-refractivity contribution >= 4 is 5.95 Å². The van der Waals surface area contributed by atoms with Crippen LogP contribution in [0.15, 0.2) is 48.5 Å². The van der Waals surface area contributed by atoms with Crippen molar-refractivity contribution in [2.45, 2.75) is 13.2 Å². The number of hydrogen-bond donors (Lipinski definition) is 1. The molecule has 0 saturated heterocycles. The standard InChI is InChI=1S/C16H16FN5O/c1-23-11-13-9-12(7-8-15(13)17)10-18-16-19-20-21-22(16)14-5-3-2-4-6-14/h2-9H,10-11H2,1H3,(H,18,19,21). The lowest BCUT2D eigenvalue weighted by atomic mass is 10.1. The smallest absolute Gasteiger partial charge is 0.248 e. The number of hydrogen-bond acceptors (Lipinski definition) is 5. The average Bonchev–Trinajstić information content (AvgIpc) is 3.05. The van der Waals surface area contributed by atoms with Crippen LogP contribution in [0.25, 0.3) is 5.69 Å². The van der Waals surface area contributed by atoms with Crippen molar-refractivity contribution in [2.75, 3.05) is 12.4 Å². The van der Waals surface area contributed by atoms with Crippen LogP contribution in [0.4, 0.5) is 10.3 Å². The molecular weight excluding hydrogens is 297 g/mol. The topological polar surface area (TPSA) is 64.9 Å². The van der Waals surface area contributed by atoms with Crippen LogP contribution in [0.3, 0.4) is 0 Å². The van der Waals surface area contributed by atoms with E-state index in [-0.39, 0.29) is 12.4 Å². The van der Waals surface area contributed by atoms with Crippen LogP contribution >= 0.6 is 0 Å². The number of nitrogens with zero attached hydrogens (tertiary/aromatic N) is 4. The van der Waals surface area contributed by atoms with Crippen LogP contribution in [0, 0.1) is 5.82 Å². The van der Waals surface area contributed by atoms with E-state index in [2.05, 4.69) is 20.8 Å². The Labute approximate surface area is 132 Å². The molecule has 7 heteroatoms. The predicted molar refractivity (Wildman–Crippen MR) is 83.6 cm³/mol. The molecule has 118 valence electrons. The summed E-state index contributed by atoms with van der Waals surface area (Å²) in [6, 6.07) is 14.5. The molecule has 0 aliphatic heterocycles. The van der Waals surface area contributed by atoms with Crippen molar-refractivity contribution in [3.63, 3.8) is 0 Å². The van der Waals surface area contributed by atoms with Gasteiger partial charge in [-0.2, -0.15) is 4.68 Å². The Balaban J connectivity index is 1.75. The van der Waals surface area contributed by atoms with Crippen LogP contribution in [0.1, 0.15) is 11.1 Å². The zero-order valence-electron chi connectivity index (χ0n) is 12.6. The van der Waals surface area contributed by atoms with Gasteiger partial charge < -0.3 is 10.1 Å². The second-order valence-electron chi connectivity index (χ2n) is 4.96. The Kier molecular flexibility index (Phi) is 4.58. The normalized spacial score (nSPS) is 10.7. The number of rotatable bonds is 6. The van der Waals surface area contributed by atoms with Crippen LogP contribution in [0.5, 0.6) is 0 Å². The van der Waals surface area contributed by atoms with Gasteiger partial charge in [0.25, 0.3) is 0 Å². The molecule has 0 radical (unpaired) electrons. The van der Waals surface area contributed by atoms with Crippen molar-refractivity contribution in [1.29, 1.82) is 0 Å². The molecule has 0 unspecified atom stereocenters. The summed E-state index contributed by atoms with van der Waals surface area (Å²) in [5.74, 6) is 0.249. The number of tetrazole rings is 1. The van der Waals surface area contributed by atoms with Gasteiger partial charge in [0.1, 0.15) is 5.82 Å². The van der Waals surface area contributed by atoms with Crippen molar-refractivity contribution in [3.8, 4) is 5.69 Å². The maximum Gasteiger partial charge on any atom is 0.248 e. The fourth-order valence-electron chi connectivity index (χ4n) is 2.23. The number of nitrogens with one attached hydrogen (secondary N) is 1. The van der Waals surface area contributed by atoms with E-state index in [1.54, 1.807) is 23.9 Å². The first-order valence-corrected chi connectivity index (χ1v) is 7.12. The molecule has 0 fully saturated rings. The fourth-order valence-corrected chi connectivity index (χ4v) is 2.23. The lowest BCUT2D eigenvalue weighted by Crippen LogP contribution is -2.08. The van der Waals surface area contributed by atoms with Crippen molar-refractivity contribution in [3.05, 3.63) is 65.5 Å². The zero-order chi connectivity index (χ0) is 16.1. The lowest BCUT2D eigenvalue weighted by Gasteiger charge is -2.09. The molecule has 0 spiro atoms. The number of aromatic nitrogens is 4. The summed E-state index contributed by atoms with van der Waals surface area (Å²) in [6.45, 7) is 0.714. The highest BCUT2D eigenvalue weighted by Crippen LogP contribution is 2.15. The quantitative estimate of drug-likeness (QED) is 0.757. The van der Waals surface area contributed by atoms with Gasteiger partial charge >= 0.3 is 0 Å². The molecule has 0 aliphatic rings. The Morgan fingerprint density at radius 2 is 2.00 bits per heavy atom. The zero-order valence-corrected chi connectivity index (χ0v) is 12.6. The van der Waals surface area contributed by atoms with E-state index < -0.39 is 0 Å². The van der Waals surface area contributed by atoms with E-state index in [0.717, 1.165) is 11.3 Å². The molecule has 23 heavy (non-hydrogen) atoms. The SMILES string of the molecule is COCc1cc(CNc2nnnn2-c2ccccc2)ccc1F. The second-order valence-corrected chi connectivity index (χ2v) is 4.96. The highest BCUT2D eigenvalue weighted by molar-refractivity contribution is 5.39.